The highest BCUT2D eigenvalue weighted by atomic mass is 32.1. The van der Waals surface area contributed by atoms with E-state index in [0.29, 0.717) is 0 Å². The van der Waals surface area contributed by atoms with Crippen LogP contribution in [0.1, 0.15) is 10.5 Å². The molecule has 4 N–H and O–H groups in total. The predicted octanol–water partition coefficient (Wildman–Crippen LogP) is 0.353. The number of primary amides is 1. The van der Waals surface area contributed by atoms with E-state index in [0.717, 1.165) is 10.6 Å². The van der Waals surface area contributed by atoms with Gasteiger partial charge >= 0.3 is 0 Å². The van der Waals surface area contributed by atoms with Gasteiger partial charge in [0.05, 0.1) is 17.1 Å². The van der Waals surface area contributed by atoms with Gasteiger partial charge in [-0.25, -0.2) is 0 Å². The highest BCUT2D eigenvalue weighted by Gasteiger charge is 2.11. The number of hydrogen-bond donors (Lipinski definition) is 3. The Balaban J connectivity index is 2.08. The van der Waals surface area contributed by atoms with Crippen molar-refractivity contribution in [2.45, 2.75) is 0 Å². The summed E-state index contributed by atoms with van der Waals surface area (Å²) in [6, 6.07) is 5.46. The van der Waals surface area contributed by atoms with Crippen LogP contribution in [-0.4, -0.2) is 28.6 Å². The first-order valence-corrected chi connectivity index (χ1v) is 5.70. The Morgan fingerprint density at radius 3 is 3.00 bits per heavy atom. The van der Waals surface area contributed by atoms with E-state index in [1.165, 1.54) is 0 Å². The highest BCUT2D eigenvalue weighted by Crippen LogP contribution is 2.22. The molecule has 2 aromatic rings. The van der Waals surface area contributed by atoms with Gasteiger partial charge in [-0.2, -0.15) is 5.10 Å². The molecule has 0 unspecified atom stereocenters. The van der Waals surface area contributed by atoms with Crippen molar-refractivity contribution in [1.82, 2.24) is 15.5 Å². The lowest BCUT2D eigenvalue weighted by atomic mass is 10.3. The van der Waals surface area contributed by atoms with Crippen LogP contribution in [0.5, 0.6) is 0 Å². The molecular formula is C10H10N4O2S. The lowest BCUT2D eigenvalue weighted by Crippen LogP contribution is -2.33. The van der Waals surface area contributed by atoms with Crippen LogP contribution in [0.15, 0.2) is 23.6 Å². The van der Waals surface area contributed by atoms with Gasteiger partial charge in [0.25, 0.3) is 5.91 Å². The van der Waals surface area contributed by atoms with Crippen molar-refractivity contribution in [1.29, 1.82) is 0 Å². The van der Waals surface area contributed by atoms with Gasteiger partial charge in [0.2, 0.25) is 5.91 Å². The van der Waals surface area contributed by atoms with Crippen molar-refractivity contribution in [3.63, 3.8) is 0 Å². The summed E-state index contributed by atoms with van der Waals surface area (Å²) >= 11 is 1.54. The third-order valence-corrected chi connectivity index (χ3v) is 2.92. The maximum atomic E-state index is 11.5. The smallest absolute Gasteiger partial charge is 0.272 e. The molecule has 0 bridgehead atoms. The Bertz CT molecular complexity index is 532. The quantitative estimate of drug-likeness (QED) is 0.730. The Kier molecular flexibility index (Phi) is 3.20. The second kappa shape index (κ2) is 4.79. The first-order chi connectivity index (χ1) is 8.16. The molecule has 0 radical (unpaired) electrons. The van der Waals surface area contributed by atoms with E-state index < -0.39 is 11.8 Å². The van der Waals surface area contributed by atoms with Crippen molar-refractivity contribution in [3.05, 3.63) is 29.3 Å². The molecule has 0 fully saturated rings. The summed E-state index contributed by atoms with van der Waals surface area (Å²) in [4.78, 5) is 23.0. The van der Waals surface area contributed by atoms with Crippen LogP contribution in [0.25, 0.3) is 10.6 Å². The molecule has 2 rings (SSSR count). The van der Waals surface area contributed by atoms with Crippen LogP contribution in [0.4, 0.5) is 0 Å². The highest BCUT2D eigenvalue weighted by molar-refractivity contribution is 7.13. The Labute approximate surface area is 101 Å². The molecular weight excluding hydrogens is 240 g/mol. The van der Waals surface area contributed by atoms with Crippen LogP contribution in [0.2, 0.25) is 0 Å². The van der Waals surface area contributed by atoms with Crippen molar-refractivity contribution in [2.24, 2.45) is 5.73 Å². The molecule has 0 spiro atoms. The minimum absolute atomic E-state index is 0.194. The number of nitrogens with zero attached hydrogens (tertiary/aromatic N) is 1. The molecule has 2 heterocycles. The number of rotatable bonds is 4. The predicted molar refractivity (Wildman–Crippen MR) is 63.4 cm³/mol. The number of carbonyl (C=O) groups is 2. The van der Waals surface area contributed by atoms with E-state index in [-0.39, 0.29) is 12.2 Å². The summed E-state index contributed by atoms with van der Waals surface area (Å²) in [5, 5.41) is 10.9. The fourth-order valence-corrected chi connectivity index (χ4v) is 1.95. The van der Waals surface area contributed by atoms with Crippen molar-refractivity contribution in [2.75, 3.05) is 6.54 Å². The average Bonchev–Trinajstić information content (AvgIpc) is 2.94. The second-order valence-electron chi connectivity index (χ2n) is 3.29. The van der Waals surface area contributed by atoms with E-state index >= 15 is 0 Å². The van der Waals surface area contributed by atoms with Gasteiger partial charge in [-0.05, 0) is 17.5 Å². The third kappa shape index (κ3) is 2.70. The second-order valence-corrected chi connectivity index (χ2v) is 4.24. The molecule has 2 aromatic heterocycles. The standard InChI is InChI=1S/C10H10N4O2S/c11-9(15)5-12-10(16)7-4-6(13-14-7)8-2-1-3-17-8/h1-4H,5H2,(H2,11,15)(H,12,16)(H,13,14). The maximum absolute atomic E-state index is 11.5. The molecule has 0 saturated heterocycles. The molecule has 0 aliphatic carbocycles. The summed E-state index contributed by atoms with van der Waals surface area (Å²) < 4.78 is 0. The van der Waals surface area contributed by atoms with Gasteiger partial charge in [-0.3, -0.25) is 14.7 Å². The Morgan fingerprint density at radius 2 is 2.35 bits per heavy atom. The van der Waals surface area contributed by atoms with E-state index in [9.17, 15) is 9.59 Å². The summed E-state index contributed by atoms with van der Waals surface area (Å²) in [7, 11) is 0. The molecule has 88 valence electrons. The number of aromatic amines is 1. The van der Waals surface area contributed by atoms with Crippen molar-refractivity contribution < 1.29 is 9.59 Å². The Hall–Kier alpha value is -2.15. The van der Waals surface area contributed by atoms with E-state index in [4.69, 9.17) is 5.73 Å². The van der Waals surface area contributed by atoms with Crippen molar-refractivity contribution >= 4 is 23.2 Å². The van der Waals surface area contributed by atoms with Gasteiger partial charge in [0.15, 0.2) is 5.69 Å². The minimum atomic E-state index is -0.590. The number of aromatic nitrogens is 2. The van der Waals surface area contributed by atoms with E-state index in [1.807, 2.05) is 17.5 Å². The summed E-state index contributed by atoms with van der Waals surface area (Å²) in [6.07, 6.45) is 0. The molecule has 0 saturated carbocycles. The molecule has 6 nitrogen and oxygen atoms in total. The number of nitrogens with two attached hydrogens (primary N) is 1. The molecule has 0 aromatic carbocycles. The lowest BCUT2D eigenvalue weighted by Gasteiger charge is -1.97. The molecule has 0 atom stereocenters. The van der Waals surface area contributed by atoms with Crippen LogP contribution in [0.3, 0.4) is 0 Å². The molecule has 0 aliphatic heterocycles. The number of nitrogens with one attached hydrogen (secondary N) is 2. The zero-order valence-corrected chi connectivity index (χ0v) is 9.58. The number of amides is 2. The van der Waals surface area contributed by atoms with Gasteiger partial charge in [-0.15, -0.1) is 11.3 Å². The largest absolute Gasteiger partial charge is 0.368 e. The van der Waals surface area contributed by atoms with Crippen molar-refractivity contribution in [3.8, 4) is 10.6 Å². The van der Waals surface area contributed by atoms with Gasteiger partial charge in [-0.1, -0.05) is 6.07 Å². The van der Waals surface area contributed by atoms with E-state index in [2.05, 4.69) is 15.5 Å². The zero-order chi connectivity index (χ0) is 12.3. The van der Waals surface area contributed by atoms with E-state index in [1.54, 1.807) is 17.4 Å². The minimum Gasteiger partial charge on any atom is -0.368 e. The molecule has 2 amide bonds. The molecule has 7 heteroatoms. The maximum Gasteiger partial charge on any atom is 0.272 e. The zero-order valence-electron chi connectivity index (χ0n) is 8.77. The van der Waals surface area contributed by atoms with Crippen LogP contribution >= 0.6 is 11.3 Å². The summed E-state index contributed by atoms with van der Waals surface area (Å²) in [5.74, 6) is -1.02. The Morgan fingerprint density at radius 1 is 1.53 bits per heavy atom. The topological polar surface area (TPSA) is 101 Å². The molecule has 0 aliphatic rings. The summed E-state index contributed by atoms with van der Waals surface area (Å²) in [5.41, 5.74) is 5.92. The van der Waals surface area contributed by atoms with Gasteiger partial charge < -0.3 is 11.1 Å². The first-order valence-electron chi connectivity index (χ1n) is 4.82. The first kappa shape index (κ1) is 11.3. The fraction of sp³-hybridized carbons (Fsp3) is 0.100. The van der Waals surface area contributed by atoms with Gasteiger partial charge in [0.1, 0.15) is 0 Å². The third-order valence-electron chi connectivity index (χ3n) is 2.02. The van der Waals surface area contributed by atoms with Crippen LogP contribution in [-0.2, 0) is 4.79 Å². The average molecular weight is 250 g/mol. The SMILES string of the molecule is NC(=O)CNC(=O)c1cc(-c2cccs2)[nH]n1. The fourth-order valence-electron chi connectivity index (χ4n) is 1.25. The monoisotopic (exact) mass is 250 g/mol. The number of thiophene rings is 1. The number of hydrogen-bond acceptors (Lipinski definition) is 4. The lowest BCUT2D eigenvalue weighted by molar-refractivity contribution is -0.117. The normalized spacial score (nSPS) is 10.1. The number of carbonyl (C=O) groups excluding carboxylic acids is 2. The van der Waals surface area contributed by atoms with Crippen LogP contribution < -0.4 is 11.1 Å². The number of H-pyrrole nitrogens is 1. The molecule has 17 heavy (non-hydrogen) atoms. The summed E-state index contributed by atoms with van der Waals surface area (Å²) in [6.45, 7) is -0.194. The van der Waals surface area contributed by atoms with Crippen LogP contribution in [0, 0.1) is 0 Å². The van der Waals surface area contributed by atoms with Gasteiger partial charge in [0, 0.05) is 0 Å².